The third-order valence-corrected chi connectivity index (χ3v) is 4.69. The highest BCUT2D eigenvalue weighted by Crippen LogP contribution is 2.57. The van der Waals surface area contributed by atoms with E-state index in [1.807, 2.05) is 0 Å². The molecule has 0 spiro atoms. The topological polar surface area (TPSA) is 68.3 Å². The van der Waals surface area contributed by atoms with Crippen molar-refractivity contribution in [2.45, 2.75) is 31.1 Å². The van der Waals surface area contributed by atoms with Gasteiger partial charge in [0.05, 0.1) is 13.2 Å². The number of hydrogen-bond acceptors (Lipinski definition) is 4. The summed E-state index contributed by atoms with van der Waals surface area (Å²) in [7, 11) is 0. The predicted molar refractivity (Wildman–Crippen MR) is 69.5 cm³/mol. The summed E-state index contributed by atoms with van der Waals surface area (Å²) in [5.74, 6) is 1.75. The van der Waals surface area contributed by atoms with Crippen LogP contribution in [0.15, 0.2) is 0 Å². The zero-order chi connectivity index (χ0) is 13.0. The molecule has 0 radical (unpaired) electrons. The van der Waals surface area contributed by atoms with Crippen molar-refractivity contribution in [2.24, 2.45) is 5.73 Å². The lowest BCUT2D eigenvalue weighted by molar-refractivity contribution is 0.349. The van der Waals surface area contributed by atoms with Gasteiger partial charge in [0.1, 0.15) is 23.1 Å². The standard InChI is InChI=1S/C15H16N2O2/c16-7-11-9-1-5-19-14(9)12(15(8-17)3-4-15)10-2-6-18-13(10)11/h1-6,8,17H2. The molecule has 2 heterocycles. The zero-order valence-electron chi connectivity index (χ0n) is 10.8. The van der Waals surface area contributed by atoms with Crippen molar-refractivity contribution < 1.29 is 9.47 Å². The molecular weight excluding hydrogens is 240 g/mol. The Morgan fingerprint density at radius 3 is 2.42 bits per heavy atom. The van der Waals surface area contributed by atoms with Crippen molar-refractivity contribution in [3.63, 3.8) is 0 Å². The van der Waals surface area contributed by atoms with Crippen molar-refractivity contribution in [3.05, 3.63) is 22.3 Å². The molecule has 1 aromatic carbocycles. The van der Waals surface area contributed by atoms with Crippen LogP contribution in [0.25, 0.3) is 0 Å². The smallest absolute Gasteiger partial charge is 0.141 e. The molecule has 2 aliphatic heterocycles. The highest BCUT2D eigenvalue weighted by atomic mass is 16.5. The zero-order valence-corrected chi connectivity index (χ0v) is 10.8. The third-order valence-electron chi connectivity index (χ3n) is 4.69. The summed E-state index contributed by atoms with van der Waals surface area (Å²) in [6, 6.07) is 2.31. The molecule has 4 nitrogen and oxygen atoms in total. The maximum absolute atomic E-state index is 9.42. The van der Waals surface area contributed by atoms with Crippen LogP contribution in [0.5, 0.6) is 11.5 Å². The van der Waals surface area contributed by atoms with E-state index in [2.05, 4.69) is 6.07 Å². The fraction of sp³-hybridized carbons (Fsp3) is 0.533. The summed E-state index contributed by atoms with van der Waals surface area (Å²) in [6.45, 7) is 1.99. The van der Waals surface area contributed by atoms with Gasteiger partial charge in [-0.1, -0.05) is 0 Å². The van der Waals surface area contributed by atoms with Crippen LogP contribution in [0.3, 0.4) is 0 Å². The number of nitriles is 1. The summed E-state index contributed by atoms with van der Waals surface area (Å²) < 4.78 is 11.6. The maximum atomic E-state index is 9.42. The number of hydrogen-bond donors (Lipinski definition) is 1. The van der Waals surface area contributed by atoms with E-state index in [9.17, 15) is 5.26 Å². The molecule has 0 saturated heterocycles. The molecule has 0 unspecified atom stereocenters. The van der Waals surface area contributed by atoms with Crippen LogP contribution in [-0.4, -0.2) is 19.8 Å². The number of nitrogens with zero attached hydrogens (tertiary/aromatic N) is 1. The second-order valence-electron chi connectivity index (χ2n) is 5.66. The first-order valence-corrected chi connectivity index (χ1v) is 6.89. The lowest BCUT2D eigenvalue weighted by atomic mass is 9.85. The molecule has 0 amide bonds. The van der Waals surface area contributed by atoms with Gasteiger partial charge in [0.2, 0.25) is 0 Å². The SMILES string of the molecule is N#Cc1c2c(c(C3(CN)CC3)c3c1OCC3)OCC2. The number of fused-ring (bicyclic) bond motifs is 2. The van der Waals surface area contributed by atoms with E-state index in [1.165, 1.54) is 11.1 Å². The molecule has 4 rings (SSSR count). The molecule has 98 valence electrons. The second kappa shape index (κ2) is 3.64. The lowest BCUT2D eigenvalue weighted by Crippen LogP contribution is -2.22. The van der Waals surface area contributed by atoms with Crippen LogP contribution in [0.4, 0.5) is 0 Å². The monoisotopic (exact) mass is 256 g/mol. The van der Waals surface area contributed by atoms with Crippen molar-refractivity contribution in [2.75, 3.05) is 19.8 Å². The van der Waals surface area contributed by atoms with E-state index in [1.54, 1.807) is 0 Å². The van der Waals surface area contributed by atoms with Crippen LogP contribution in [0.2, 0.25) is 0 Å². The molecule has 4 heteroatoms. The van der Waals surface area contributed by atoms with Crippen LogP contribution in [0, 0.1) is 11.3 Å². The van der Waals surface area contributed by atoms with Crippen LogP contribution < -0.4 is 15.2 Å². The quantitative estimate of drug-likeness (QED) is 0.869. The Labute approximate surface area is 112 Å². The fourth-order valence-electron chi connectivity index (χ4n) is 3.50. The number of rotatable bonds is 2. The van der Waals surface area contributed by atoms with E-state index in [4.69, 9.17) is 15.2 Å². The molecule has 3 aliphatic rings. The minimum atomic E-state index is 0.0835. The van der Waals surface area contributed by atoms with Gasteiger partial charge in [-0.2, -0.15) is 5.26 Å². The van der Waals surface area contributed by atoms with Crippen molar-refractivity contribution in [3.8, 4) is 17.6 Å². The summed E-state index contributed by atoms with van der Waals surface area (Å²) in [5, 5.41) is 9.42. The largest absolute Gasteiger partial charge is 0.493 e. The van der Waals surface area contributed by atoms with Gasteiger partial charge in [0.25, 0.3) is 0 Å². The van der Waals surface area contributed by atoms with Gasteiger partial charge in [0.15, 0.2) is 0 Å². The van der Waals surface area contributed by atoms with Gasteiger partial charge < -0.3 is 15.2 Å². The van der Waals surface area contributed by atoms with Crippen molar-refractivity contribution >= 4 is 0 Å². The highest BCUT2D eigenvalue weighted by Gasteiger charge is 2.49. The molecule has 2 N–H and O–H groups in total. The van der Waals surface area contributed by atoms with Gasteiger partial charge in [0, 0.05) is 41.5 Å². The third kappa shape index (κ3) is 1.31. The first-order chi connectivity index (χ1) is 9.30. The van der Waals surface area contributed by atoms with Crippen LogP contribution in [-0.2, 0) is 18.3 Å². The summed E-state index contributed by atoms with van der Waals surface area (Å²) in [6.07, 6.45) is 3.93. The summed E-state index contributed by atoms with van der Waals surface area (Å²) in [4.78, 5) is 0. The minimum absolute atomic E-state index is 0.0835. The minimum Gasteiger partial charge on any atom is -0.493 e. The van der Waals surface area contributed by atoms with E-state index < -0.39 is 0 Å². The first kappa shape index (κ1) is 11.1. The lowest BCUT2D eigenvalue weighted by Gasteiger charge is -2.21. The molecule has 1 aliphatic carbocycles. The molecule has 1 fully saturated rings. The average molecular weight is 256 g/mol. The summed E-state index contributed by atoms with van der Waals surface area (Å²) >= 11 is 0. The van der Waals surface area contributed by atoms with Crippen LogP contribution in [0.1, 0.15) is 35.1 Å². The van der Waals surface area contributed by atoms with Gasteiger partial charge in [-0.25, -0.2) is 0 Å². The van der Waals surface area contributed by atoms with E-state index in [0.717, 1.165) is 42.7 Å². The Kier molecular flexibility index (Phi) is 2.13. The predicted octanol–water partition coefficient (Wildman–Crippen LogP) is 1.42. The van der Waals surface area contributed by atoms with E-state index in [0.29, 0.717) is 25.3 Å². The Hall–Kier alpha value is -1.73. The molecule has 1 aromatic rings. The Bertz CT molecular complexity index is 577. The van der Waals surface area contributed by atoms with Crippen molar-refractivity contribution in [1.82, 2.24) is 0 Å². The molecule has 0 bridgehead atoms. The molecule has 1 saturated carbocycles. The van der Waals surface area contributed by atoms with Crippen LogP contribution >= 0.6 is 0 Å². The van der Waals surface area contributed by atoms with E-state index in [-0.39, 0.29) is 5.41 Å². The second-order valence-corrected chi connectivity index (χ2v) is 5.66. The van der Waals surface area contributed by atoms with E-state index >= 15 is 0 Å². The summed E-state index contributed by atoms with van der Waals surface area (Å²) in [5.41, 5.74) is 10.3. The number of ether oxygens (including phenoxy) is 2. The van der Waals surface area contributed by atoms with Gasteiger partial charge in [-0.15, -0.1) is 0 Å². The normalized spacial score (nSPS) is 21.1. The van der Waals surface area contributed by atoms with Gasteiger partial charge >= 0.3 is 0 Å². The number of nitrogens with two attached hydrogens (primary N) is 1. The molecular formula is C15H16N2O2. The first-order valence-electron chi connectivity index (χ1n) is 6.89. The average Bonchev–Trinajstić information content (AvgIpc) is 2.86. The Balaban J connectivity index is 2.04. The maximum Gasteiger partial charge on any atom is 0.141 e. The van der Waals surface area contributed by atoms with Crippen molar-refractivity contribution in [1.29, 1.82) is 5.26 Å². The molecule has 19 heavy (non-hydrogen) atoms. The highest BCUT2D eigenvalue weighted by molar-refractivity contribution is 5.68. The molecule has 0 aromatic heterocycles. The van der Waals surface area contributed by atoms with Gasteiger partial charge in [-0.05, 0) is 12.8 Å². The van der Waals surface area contributed by atoms with Gasteiger partial charge in [-0.3, -0.25) is 0 Å². The Morgan fingerprint density at radius 2 is 1.79 bits per heavy atom. The molecule has 0 atom stereocenters. The Morgan fingerprint density at radius 1 is 1.11 bits per heavy atom. The number of benzene rings is 1. The fourth-order valence-corrected chi connectivity index (χ4v) is 3.50.